The largest absolute Gasteiger partial charge is 0.320 e. The first kappa shape index (κ1) is 12.6. The Bertz CT molecular complexity index is 267. The first-order valence-corrected chi connectivity index (χ1v) is 6.39. The highest BCUT2D eigenvalue weighted by molar-refractivity contribution is 7.80. The van der Waals surface area contributed by atoms with E-state index >= 15 is 0 Å². The van der Waals surface area contributed by atoms with Crippen molar-refractivity contribution in [2.75, 3.05) is 25.4 Å². The zero-order chi connectivity index (χ0) is 11.1. The van der Waals surface area contributed by atoms with E-state index < -0.39 is 0 Å². The molecule has 0 aliphatic rings. The molecule has 0 N–H and O–H groups in total. The maximum atomic E-state index is 4.37. The van der Waals surface area contributed by atoms with Crippen LogP contribution >= 0.6 is 12.6 Å². The number of hydrogen-bond donors (Lipinski definition) is 1. The van der Waals surface area contributed by atoms with Crippen LogP contribution in [0.3, 0.4) is 0 Å². The van der Waals surface area contributed by atoms with Crippen LogP contribution in [-0.4, -0.2) is 29.9 Å². The fourth-order valence-corrected chi connectivity index (χ4v) is 2.45. The molecule has 84 valence electrons. The summed E-state index contributed by atoms with van der Waals surface area (Å²) in [6.45, 7) is 9.21. The monoisotopic (exact) mass is 224 g/mol. The van der Waals surface area contributed by atoms with Gasteiger partial charge >= 0.3 is 0 Å². The van der Waals surface area contributed by atoms with E-state index in [0.29, 0.717) is 0 Å². The fourth-order valence-electron chi connectivity index (χ4n) is 2.03. The lowest BCUT2D eigenvalue weighted by molar-refractivity contribution is -0.935. The van der Waals surface area contributed by atoms with Crippen molar-refractivity contribution >= 4 is 12.6 Å². The van der Waals surface area contributed by atoms with Crippen molar-refractivity contribution in [2.45, 2.75) is 20.4 Å². The summed E-state index contributed by atoms with van der Waals surface area (Å²) in [7, 11) is 0. The zero-order valence-corrected chi connectivity index (χ0v) is 10.7. The smallest absolute Gasteiger partial charge is 0.104 e. The van der Waals surface area contributed by atoms with E-state index in [-0.39, 0.29) is 0 Å². The minimum atomic E-state index is 0.967. The quantitative estimate of drug-likeness (QED) is 0.557. The number of quaternary nitrogens is 1. The van der Waals surface area contributed by atoms with E-state index in [9.17, 15) is 0 Å². The van der Waals surface area contributed by atoms with Crippen molar-refractivity contribution in [3.05, 3.63) is 35.9 Å². The van der Waals surface area contributed by atoms with Crippen molar-refractivity contribution in [2.24, 2.45) is 0 Å². The van der Waals surface area contributed by atoms with E-state index in [1.54, 1.807) is 0 Å². The van der Waals surface area contributed by atoms with Crippen LogP contribution in [0, 0.1) is 0 Å². The molecule has 0 aromatic heterocycles. The topological polar surface area (TPSA) is 0 Å². The third-order valence-corrected chi connectivity index (χ3v) is 3.48. The molecule has 1 rings (SSSR count). The van der Waals surface area contributed by atoms with E-state index in [2.05, 4.69) is 56.8 Å². The second kappa shape index (κ2) is 6.19. The van der Waals surface area contributed by atoms with Crippen LogP contribution < -0.4 is 0 Å². The maximum Gasteiger partial charge on any atom is 0.104 e. The number of benzene rings is 1. The molecule has 0 radical (unpaired) electrons. The Morgan fingerprint density at radius 3 is 2.13 bits per heavy atom. The average Bonchev–Trinajstić information content (AvgIpc) is 2.30. The first-order valence-electron chi connectivity index (χ1n) is 5.76. The Labute approximate surface area is 99.1 Å². The van der Waals surface area contributed by atoms with Gasteiger partial charge in [0.15, 0.2) is 0 Å². The molecule has 0 unspecified atom stereocenters. The third kappa shape index (κ3) is 3.54. The molecule has 0 aliphatic heterocycles. The average molecular weight is 224 g/mol. The van der Waals surface area contributed by atoms with Crippen LogP contribution in [0.4, 0.5) is 0 Å². The molecular formula is C13H22NS+. The number of rotatable bonds is 6. The minimum Gasteiger partial charge on any atom is -0.320 e. The predicted octanol–water partition coefficient (Wildman–Crippen LogP) is 2.97. The van der Waals surface area contributed by atoms with Crippen molar-refractivity contribution in [3.8, 4) is 0 Å². The zero-order valence-electron chi connectivity index (χ0n) is 9.82. The van der Waals surface area contributed by atoms with Crippen LogP contribution in [0.1, 0.15) is 19.4 Å². The van der Waals surface area contributed by atoms with Gasteiger partial charge in [0.2, 0.25) is 0 Å². The van der Waals surface area contributed by atoms with Crippen LogP contribution in [0.25, 0.3) is 0 Å². The molecule has 15 heavy (non-hydrogen) atoms. The highest BCUT2D eigenvalue weighted by Gasteiger charge is 2.22. The van der Waals surface area contributed by atoms with Crippen molar-refractivity contribution in [1.82, 2.24) is 0 Å². The summed E-state index contributed by atoms with van der Waals surface area (Å²) >= 11 is 4.37. The molecule has 0 atom stereocenters. The second-order valence-electron chi connectivity index (χ2n) is 4.07. The lowest BCUT2D eigenvalue weighted by atomic mass is 10.2. The van der Waals surface area contributed by atoms with Crippen molar-refractivity contribution < 1.29 is 4.48 Å². The molecule has 0 fully saturated rings. The van der Waals surface area contributed by atoms with Crippen LogP contribution in [0.2, 0.25) is 0 Å². The molecule has 1 aromatic rings. The van der Waals surface area contributed by atoms with Crippen LogP contribution in [0.5, 0.6) is 0 Å². The number of thiol groups is 1. The van der Waals surface area contributed by atoms with E-state index in [1.807, 2.05) is 0 Å². The molecule has 0 heterocycles. The van der Waals surface area contributed by atoms with Gasteiger partial charge in [0.05, 0.1) is 19.6 Å². The molecule has 1 aromatic carbocycles. The third-order valence-electron chi connectivity index (χ3n) is 3.28. The molecule has 0 aliphatic carbocycles. The molecule has 0 saturated carbocycles. The standard InChI is InChI=1S/C13H21NS/c1-3-14(4-2,10-11-15)12-13-8-6-5-7-9-13/h5-9H,3-4,10-12H2,1-2H3/p+1. The van der Waals surface area contributed by atoms with Crippen molar-refractivity contribution in [3.63, 3.8) is 0 Å². The Balaban J connectivity index is 2.74. The van der Waals surface area contributed by atoms with Crippen molar-refractivity contribution in [1.29, 1.82) is 0 Å². The molecule has 0 bridgehead atoms. The SMILES string of the molecule is CC[N+](CC)(CCS)Cc1ccccc1. The predicted molar refractivity (Wildman–Crippen MR) is 70.2 cm³/mol. The van der Waals surface area contributed by atoms with Gasteiger partial charge in [0, 0.05) is 11.3 Å². The van der Waals surface area contributed by atoms with Gasteiger partial charge in [-0.3, -0.25) is 0 Å². The summed E-state index contributed by atoms with van der Waals surface area (Å²) in [5, 5.41) is 0. The lowest BCUT2D eigenvalue weighted by Gasteiger charge is -2.36. The molecule has 1 nitrogen and oxygen atoms in total. The molecular weight excluding hydrogens is 202 g/mol. The summed E-state index contributed by atoms with van der Waals surface area (Å²) in [6.07, 6.45) is 0. The Morgan fingerprint density at radius 2 is 1.67 bits per heavy atom. The Morgan fingerprint density at radius 1 is 1.07 bits per heavy atom. The lowest BCUT2D eigenvalue weighted by Crippen LogP contribution is -2.48. The summed E-state index contributed by atoms with van der Waals surface area (Å²) in [5.41, 5.74) is 1.43. The normalized spacial score (nSPS) is 11.7. The first-order chi connectivity index (χ1) is 7.26. The van der Waals surface area contributed by atoms with Crippen LogP contribution in [0.15, 0.2) is 30.3 Å². The summed E-state index contributed by atoms with van der Waals surface area (Å²) < 4.78 is 1.15. The summed E-state index contributed by atoms with van der Waals surface area (Å²) in [6, 6.07) is 10.8. The second-order valence-corrected chi connectivity index (χ2v) is 4.51. The van der Waals surface area contributed by atoms with E-state index in [0.717, 1.165) is 23.3 Å². The highest BCUT2D eigenvalue weighted by atomic mass is 32.1. The van der Waals surface area contributed by atoms with Gasteiger partial charge in [-0.1, -0.05) is 30.3 Å². The van der Waals surface area contributed by atoms with Gasteiger partial charge in [-0.15, -0.1) is 0 Å². The van der Waals surface area contributed by atoms with Gasteiger partial charge in [-0.2, -0.15) is 12.6 Å². The molecule has 0 spiro atoms. The molecule has 0 saturated heterocycles. The fraction of sp³-hybridized carbons (Fsp3) is 0.538. The van der Waals surface area contributed by atoms with Gasteiger partial charge in [0.25, 0.3) is 0 Å². The highest BCUT2D eigenvalue weighted by Crippen LogP contribution is 2.14. The van der Waals surface area contributed by atoms with Crippen LogP contribution in [-0.2, 0) is 6.54 Å². The molecule has 0 amide bonds. The van der Waals surface area contributed by atoms with E-state index in [4.69, 9.17) is 0 Å². The summed E-state index contributed by atoms with van der Waals surface area (Å²) in [4.78, 5) is 0. The minimum absolute atomic E-state index is 0.967. The summed E-state index contributed by atoms with van der Waals surface area (Å²) in [5.74, 6) is 0.967. The van der Waals surface area contributed by atoms with Gasteiger partial charge in [0.1, 0.15) is 6.54 Å². The Kier molecular flexibility index (Phi) is 5.20. The number of nitrogens with zero attached hydrogens (tertiary/aromatic N) is 1. The van der Waals surface area contributed by atoms with E-state index in [1.165, 1.54) is 18.7 Å². The Hall–Kier alpha value is -0.470. The van der Waals surface area contributed by atoms with Gasteiger partial charge in [-0.05, 0) is 13.8 Å². The number of hydrogen-bond acceptors (Lipinski definition) is 1. The maximum absolute atomic E-state index is 4.37. The van der Waals surface area contributed by atoms with Gasteiger partial charge < -0.3 is 4.48 Å². The van der Waals surface area contributed by atoms with Gasteiger partial charge in [-0.25, -0.2) is 0 Å². The molecule has 2 heteroatoms.